The molecule has 0 amide bonds. The molecule has 0 spiro atoms. The van der Waals surface area contributed by atoms with Crippen molar-refractivity contribution in [2.75, 3.05) is 0 Å². The lowest BCUT2D eigenvalue weighted by Gasteiger charge is -1.93. The maximum Gasteiger partial charge on any atom is 0.173 e. The number of rotatable bonds is 2. The minimum absolute atomic E-state index is 0.236. The third-order valence-electron chi connectivity index (χ3n) is 1.87. The van der Waals surface area contributed by atoms with Crippen LogP contribution >= 0.6 is 11.5 Å². The lowest BCUT2D eigenvalue weighted by Crippen LogP contribution is -1.82. The van der Waals surface area contributed by atoms with Crippen LogP contribution in [0.3, 0.4) is 0 Å². The van der Waals surface area contributed by atoms with E-state index in [0.717, 1.165) is 17.0 Å². The number of halogens is 1. The van der Waals surface area contributed by atoms with Crippen molar-refractivity contribution in [2.24, 2.45) is 0 Å². The molecule has 0 saturated carbocycles. The molecule has 2 aromatic rings. The molecule has 0 bridgehead atoms. The van der Waals surface area contributed by atoms with Crippen molar-refractivity contribution < 1.29 is 4.39 Å². The molecule has 0 aliphatic carbocycles. The van der Waals surface area contributed by atoms with Gasteiger partial charge in [0.25, 0.3) is 0 Å². The molecule has 0 fully saturated rings. The lowest BCUT2D eigenvalue weighted by molar-refractivity contribution is 0.628. The van der Waals surface area contributed by atoms with E-state index in [4.69, 9.17) is 0 Å². The summed E-state index contributed by atoms with van der Waals surface area (Å²) in [6, 6.07) is 6.22. The number of nitrogens with zero attached hydrogens (tertiary/aromatic N) is 2. The van der Waals surface area contributed by atoms with E-state index in [1.807, 2.05) is 6.92 Å². The van der Waals surface area contributed by atoms with Crippen molar-refractivity contribution in [3.8, 4) is 11.4 Å². The summed E-state index contributed by atoms with van der Waals surface area (Å²) in [5, 5.41) is 1.00. The van der Waals surface area contributed by atoms with Gasteiger partial charge in [0.2, 0.25) is 0 Å². The predicted octanol–water partition coefficient (Wildman–Crippen LogP) is 2.91. The second-order valence-electron chi connectivity index (χ2n) is 2.87. The highest BCUT2D eigenvalue weighted by Gasteiger charge is 2.04. The Morgan fingerprint density at radius 1 is 1.29 bits per heavy atom. The van der Waals surface area contributed by atoms with Gasteiger partial charge in [-0.25, -0.2) is 9.37 Å². The molecule has 1 heterocycles. The molecule has 0 saturated heterocycles. The van der Waals surface area contributed by atoms with Crippen molar-refractivity contribution >= 4 is 11.5 Å². The normalized spacial score (nSPS) is 10.4. The second-order valence-corrected chi connectivity index (χ2v) is 3.71. The van der Waals surface area contributed by atoms with Gasteiger partial charge in [0, 0.05) is 5.56 Å². The average molecular weight is 208 g/mol. The Kier molecular flexibility index (Phi) is 2.54. The molecule has 0 aliphatic rings. The van der Waals surface area contributed by atoms with Crippen molar-refractivity contribution in [1.82, 2.24) is 9.36 Å². The topological polar surface area (TPSA) is 25.8 Å². The summed E-state index contributed by atoms with van der Waals surface area (Å²) in [6.45, 7) is 2.04. The summed E-state index contributed by atoms with van der Waals surface area (Å²) in [5.74, 6) is 0.451. The maximum absolute atomic E-state index is 12.6. The summed E-state index contributed by atoms with van der Waals surface area (Å²) < 4.78 is 16.8. The minimum Gasteiger partial charge on any atom is -0.220 e. The third kappa shape index (κ3) is 1.80. The number of aryl methyl sites for hydroxylation is 1. The molecule has 0 radical (unpaired) electrons. The van der Waals surface area contributed by atoms with Crippen molar-refractivity contribution in [3.05, 3.63) is 35.1 Å². The van der Waals surface area contributed by atoms with Crippen LogP contribution in [0.15, 0.2) is 24.3 Å². The quantitative estimate of drug-likeness (QED) is 0.758. The first-order valence-electron chi connectivity index (χ1n) is 4.38. The molecule has 2 rings (SSSR count). The van der Waals surface area contributed by atoms with E-state index < -0.39 is 0 Å². The van der Waals surface area contributed by atoms with E-state index in [0.29, 0.717) is 5.82 Å². The molecule has 4 heteroatoms. The van der Waals surface area contributed by atoms with Crippen LogP contribution in [0.1, 0.15) is 11.9 Å². The summed E-state index contributed by atoms with van der Waals surface area (Å²) in [6.07, 6.45) is 0.888. The van der Waals surface area contributed by atoms with Gasteiger partial charge >= 0.3 is 0 Å². The Hall–Kier alpha value is -1.29. The van der Waals surface area contributed by atoms with Gasteiger partial charge < -0.3 is 0 Å². The highest BCUT2D eigenvalue weighted by atomic mass is 32.1. The van der Waals surface area contributed by atoms with Gasteiger partial charge in [0.15, 0.2) is 5.82 Å². The predicted molar refractivity (Wildman–Crippen MR) is 54.7 cm³/mol. The molecule has 0 atom stereocenters. The molecule has 14 heavy (non-hydrogen) atoms. The minimum atomic E-state index is -0.236. The fourth-order valence-electron chi connectivity index (χ4n) is 1.11. The van der Waals surface area contributed by atoms with Crippen LogP contribution in [0, 0.1) is 5.82 Å². The first-order valence-corrected chi connectivity index (χ1v) is 5.15. The molecular weight excluding hydrogens is 199 g/mol. The van der Waals surface area contributed by atoms with Gasteiger partial charge in [-0.3, -0.25) is 0 Å². The number of hydrogen-bond acceptors (Lipinski definition) is 3. The smallest absolute Gasteiger partial charge is 0.173 e. The van der Waals surface area contributed by atoms with Crippen LogP contribution < -0.4 is 0 Å². The first-order chi connectivity index (χ1) is 6.79. The Morgan fingerprint density at radius 3 is 2.57 bits per heavy atom. The number of hydrogen-bond donors (Lipinski definition) is 0. The van der Waals surface area contributed by atoms with E-state index in [2.05, 4.69) is 9.36 Å². The molecular formula is C10H9FN2S. The Morgan fingerprint density at radius 2 is 2.00 bits per heavy atom. The Balaban J connectivity index is 2.34. The van der Waals surface area contributed by atoms with Gasteiger partial charge in [-0.2, -0.15) is 4.37 Å². The zero-order chi connectivity index (χ0) is 9.97. The van der Waals surface area contributed by atoms with Gasteiger partial charge in [0.1, 0.15) is 10.8 Å². The van der Waals surface area contributed by atoms with Crippen molar-refractivity contribution in [3.63, 3.8) is 0 Å². The number of aromatic nitrogens is 2. The maximum atomic E-state index is 12.6. The highest BCUT2D eigenvalue weighted by Crippen LogP contribution is 2.18. The van der Waals surface area contributed by atoms with Crippen LogP contribution in [-0.2, 0) is 6.42 Å². The van der Waals surface area contributed by atoms with E-state index in [1.165, 1.54) is 23.7 Å². The van der Waals surface area contributed by atoms with Crippen LogP contribution in [0.4, 0.5) is 4.39 Å². The molecule has 1 aromatic heterocycles. The zero-order valence-electron chi connectivity index (χ0n) is 7.70. The summed E-state index contributed by atoms with van der Waals surface area (Å²) in [5.41, 5.74) is 0.863. The molecule has 1 aromatic carbocycles. The lowest BCUT2D eigenvalue weighted by atomic mass is 10.2. The molecule has 0 aliphatic heterocycles. The van der Waals surface area contributed by atoms with E-state index in [9.17, 15) is 4.39 Å². The first kappa shape index (κ1) is 9.27. The Bertz CT molecular complexity index is 422. The average Bonchev–Trinajstić information content (AvgIpc) is 2.67. The van der Waals surface area contributed by atoms with Gasteiger partial charge in [-0.05, 0) is 42.2 Å². The van der Waals surface area contributed by atoms with Crippen LogP contribution in [-0.4, -0.2) is 9.36 Å². The molecule has 0 unspecified atom stereocenters. The van der Waals surface area contributed by atoms with Gasteiger partial charge in [-0.1, -0.05) is 6.92 Å². The number of benzene rings is 1. The fraction of sp³-hybridized carbons (Fsp3) is 0.200. The van der Waals surface area contributed by atoms with E-state index in [1.54, 1.807) is 12.1 Å². The SMILES string of the molecule is CCc1nc(-c2ccc(F)cc2)ns1. The third-order valence-corrected chi connectivity index (χ3v) is 2.73. The monoisotopic (exact) mass is 208 g/mol. The fourth-order valence-corrected chi connectivity index (χ4v) is 1.71. The summed E-state index contributed by atoms with van der Waals surface area (Å²) in [7, 11) is 0. The highest BCUT2D eigenvalue weighted by molar-refractivity contribution is 7.05. The van der Waals surface area contributed by atoms with Gasteiger partial charge in [-0.15, -0.1) is 0 Å². The Labute approximate surface area is 85.6 Å². The molecule has 2 nitrogen and oxygen atoms in total. The summed E-state index contributed by atoms with van der Waals surface area (Å²) in [4.78, 5) is 4.31. The van der Waals surface area contributed by atoms with Crippen molar-refractivity contribution in [1.29, 1.82) is 0 Å². The van der Waals surface area contributed by atoms with Crippen molar-refractivity contribution in [2.45, 2.75) is 13.3 Å². The standard InChI is InChI=1S/C10H9FN2S/c1-2-9-12-10(13-14-9)7-3-5-8(11)6-4-7/h3-6H,2H2,1H3. The largest absolute Gasteiger partial charge is 0.220 e. The zero-order valence-corrected chi connectivity index (χ0v) is 8.51. The van der Waals surface area contributed by atoms with Crippen LogP contribution in [0.25, 0.3) is 11.4 Å². The molecule has 0 N–H and O–H groups in total. The summed E-state index contributed by atoms with van der Waals surface area (Å²) >= 11 is 1.39. The van der Waals surface area contributed by atoms with Gasteiger partial charge in [0.05, 0.1) is 0 Å². The second kappa shape index (κ2) is 3.84. The van der Waals surface area contributed by atoms with E-state index >= 15 is 0 Å². The van der Waals surface area contributed by atoms with Crippen LogP contribution in [0.5, 0.6) is 0 Å². The molecule has 72 valence electrons. The van der Waals surface area contributed by atoms with E-state index in [-0.39, 0.29) is 5.82 Å². The van der Waals surface area contributed by atoms with Crippen LogP contribution in [0.2, 0.25) is 0 Å².